The number of carbonyl (C=O) groups is 1. The van der Waals surface area contributed by atoms with E-state index in [0.717, 1.165) is 5.56 Å². The third-order valence-electron chi connectivity index (χ3n) is 6.34. The predicted octanol–water partition coefficient (Wildman–Crippen LogP) is 3.45. The normalized spacial score (nSPS) is 17.6. The Hall–Kier alpha value is -2.63. The molecule has 0 unspecified atom stereocenters. The quantitative estimate of drug-likeness (QED) is 0.860. The van der Waals surface area contributed by atoms with E-state index in [0.29, 0.717) is 31.3 Å². The van der Waals surface area contributed by atoms with Crippen molar-refractivity contribution in [2.75, 3.05) is 6.54 Å². The fraction of sp³-hybridized carbons (Fsp3) is 0.522. The third-order valence-corrected chi connectivity index (χ3v) is 6.34. The van der Waals surface area contributed by atoms with Gasteiger partial charge in [-0.3, -0.25) is 9.59 Å². The highest BCUT2D eigenvalue weighted by Crippen LogP contribution is 2.35. The van der Waals surface area contributed by atoms with Gasteiger partial charge in [-0.1, -0.05) is 43.5 Å². The molecule has 6 nitrogen and oxygen atoms in total. The summed E-state index contributed by atoms with van der Waals surface area (Å²) < 4.78 is 1.75. The number of hydrogen-bond donors (Lipinski definition) is 1. The average Bonchev–Trinajstić information content (AvgIpc) is 2.72. The van der Waals surface area contributed by atoms with Gasteiger partial charge in [0.2, 0.25) is 5.75 Å². The molecule has 1 aliphatic carbocycles. The molecule has 4 rings (SSSR count). The van der Waals surface area contributed by atoms with Crippen LogP contribution in [-0.4, -0.2) is 38.1 Å². The number of aromatic nitrogens is 2. The van der Waals surface area contributed by atoms with Crippen LogP contribution in [0.15, 0.2) is 29.1 Å². The highest BCUT2D eigenvalue weighted by molar-refractivity contribution is 5.95. The van der Waals surface area contributed by atoms with Gasteiger partial charge in [0, 0.05) is 25.6 Å². The summed E-state index contributed by atoms with van der Waals surface area (Å²) >= 11 is 0. The lowest BCUT2D eigenvalue weighted by Crippen LogP contribution is -2.46. The zero-order chi connectivity index (χ0) is 20.5. The average molecular weight is 396 g/mol. The molecular formula is C23H29N3O3. The second-order valence-electron chi connectivity index (χ2n) is 8.48. The van der Waals surface area contributed by atoms with E-state index in [1.54, 1.807) is 9.47 Å². The molecule has 1 saturated carbocycles. The number of hydrogen-bond acceptors (Lipinski definition) is 4. The minimum atomic E-state index is -0.722. The van der Waals surface area contributed by atoms with E-state index in [1.807, 2.05) is 19.9 Å². The smallest absolute Gasteiger partial charge is 0.315 e. The van der Waals surface area contributed by atoms with Crippen molar-refractivity contribution < 1.29 is 9.90 Å². The molecule has 0 radical (unpaired) electrons. The Balaban J connectivity index is 1.74. The second kappa shape index (κ2) is 8.01. The van der Waals surface area contributed by atoms with Crippen molar-refractivity contribution in [3.05, 3.63) is 57.3 Å². The largest absolute Gasteiger partial charge is 0.501 e. The fourth-order valence-corrected chi connectivity index (χ4v) is 4.80. The maximum atomic E-state index is 12.9. The van der Waals surface area contributed by atoms with Crippen molar-refractivity contribution in [1.82, 2.24) is 14.5 Å². The number of rotatable bonds is 4. The summed E-state index contributed by atoms with van der Waals surface area (Å²) in [6.45, 7) is 4.95. The first-order chi connectivity index (χ1) is 14.0. The Morgan fingerprint density at radius 1 is 1.10 bits per heavy atom. The minimum absolute atomic E-state index is 0.00870. The van der Waals surface area contributed by atoms with Gasteiger partial charge < -0.3 is 14.6 Å². The van der Waals surface area contributed by atoms with E-state index in [9.17, 15) is 14.7 Å². The van der Waals surface area contributed by atoms with Gasteiger partial charge in [-0.15, -0.1) is 0 Å². The van der Waals surface area contributed by atoms with Gasteiger partial charge in [0.15, 0.2) is 5.69 Å². The molecule has 2 heterocycles. The van der Waals surface area contributed by atoms with Crippen LogP contribution in [0, 0.1) is 0 Å². The first-order valence-electron chi connectivity index (χ1n) is 10.7. The highest BCUT2D eigenvalue weighted by Gasteiger charge is 2.32. The Morgan fingerprint density at radius 2 is 1.83 bits per heavy atom. The van der Waals surface area contributed by atoms with Crippen molar-refractivity contribution in [3.63, 3.8) is 0 Å². The maximum absolute atomic E-state index is 12.9. The Kier molecular flexibility index (Phi) is 5.43. The number of benzene rings is 1. The predicted molar refractivity (Wildman–Crippen MR) is 111 cm³/mol. The molecule has 1 aliphatic heterocycles. The van der Waals surface area contributed by atoms with Gasteiger partial charge in [0.1, 0.15) is 5.82 Å². The maximum Gasteiger partial charge on any atom is 0.315 e. The lowest BCUT2D eigenvalue weighted by molar-refractivity contribution is 0.0638. The summed E-state index contributed by atoms with van der Waals surface area (Å²) in [7, 11) is 0. The van der Waals surface area contributed by atoms with Gasteiger partial charge >= 0.3 is 5.56 Å². The standard InChI is InChI=1S/C23H29N3O3/c1-15(2)25-12-13-26-19(24-22(28)21(27)20(26)23(25)29)14-17-10-6-7-11-18(17)16-8-4-3-5-9-16/h6-7,10-11,15-16,27H,3-5,8-9,12-14H2,1-2H3. The molecule has 1 amide bonds. The number of aromatic hydroxyl groups is 1. The van der Waals surface area contributed by atoms with Crippen LogP contribution in [-0.2, 0) is 13.0 Å². The highest BCUT2D eigenvalue weighted by atomic mass is 16.3. The zero-order valence-corrected chi connectivity index (χ0v) is 17.2. The summed E-state index contributed by atoms with van der Waals surface area (Å²) in [6, 6.07) is 8.38. The van der Waals surface area contributed by atoms with E-state index in [2.05, 4.69) is 23.2 Å². The van der Waals surface area contributed by atoms with Gasteiger partial charge in [-0.05, 0) is 43.7 Å². The van der Waals surface area contributed by atoms with Gasteiger partial charge in [-0.25, -0.2) is 0 Å². The van der Waals surface area contributed by atoms with Gasteiger partial charge in [-0.2, -0.15) is 4.98 Å². The lowest BCUT2D eigenvalue weighted by atomic mass is 9.81. The molecule has 1 aromatic heterocycles. The lowest BCUT2D eigenvalue weighted by Gasteiger charge is -2.34. The molecule has 2 aromatic rings. The first-order valence-corrected chi connectivity index (χ1v) is 10.7. The van der Waals surface area contributed by atoms with Gasteiger partial charge in [0.25, 0.3) is 5.91 Å². The van der Waals surface area contributed by atoms with Crippen LogP contribution in [0.1, 0.15) is 79.3 Å². The van der Waals surface area contributed by atoms with E-state index < -0.39 is 11.3 Å². The Labute approximate surface area is 171 Å². The Bertz CT molecular complexity index is 974. The number of nitrogens with zero attached hydrogens (tertiary/aromatic N) is 3. The topological polar surface area (TPSA) is 75.4 Å². The van der Waals surface area contributed by atoms with Crippen LogP contribution in [0.25, 0.3) is 0 Å². The number of fused-ring (bicyclic) bond motifs is 1. The van der Waals surface area contributed by atoms with Crippen LogP contribution < -0.4 is 5.56 Å². The minimum Gasteiger partial charge on any atom is -0.501 e. The summed E-state index contributed by atoms with van der Waals surface area (Å²) in [4.78, 5) is 31.1. The van der Waals surface area contributed by atoms with E-state index in [4.69, 9.17) is 0 Å². The van der Waals surface area contributed by atoms with Crippen molar-refractivity contribution in [3.8, 4) is 5.75 Å². The van der Waals surface area contributed by atoms with E-state index in [1.165, 1.54) is 37.7 Å². The molecule has 1 N–H and O–H groups in total. The van der Waals surface area contributed by atoms with Crippen LogP contribution in [0.2, 0.25) is 0 Å². The molecule has 0 spiro atoms. The molecule has 1 fully saturated rings. The SMILES string of the molecule is CC(C)N1CCn2c(Cc3ccccc3C3CCCCC3)nc(=O)c(O)c2C1=O. The summed E-state index contributed by atoms with van der Waals surface area (Å²) in [6.07, 6.45) is 6.69. The number of carbonyl (C=O) groups excluding carboxylic acids is 1. The number of amides is 1. The molecule has 0 atom stereocenters. The molecule has 0 saturated heterocycles. The second-order valence-corrected chi connectivity index (χ2v) is 8.48. The monoisotopic (exact) mass is 395 g/mol. The first kappa shape index (κ1) is 19.7. The molecule has 154 valence electrons. The van der Waals surface area contributed by atoms with Crippen LogP contribution in [0.5, 0.6) is 5.75 Å². The zero-order valence-electron chi connectivity index (χ0n) is 17.2. The summed E-state index contributed by atoms with van der Waals surface area (Å²) in [5.74, 6) is 0.264. The van der Waals surface area contributed by atoms with Crippen molar-refractivity contribution in [2.45, 2.75) is 70.9 Å². The molecular weight excluding hydrogens is 366 g/mol. The van der Waals surface area contributed by atoms with E-state index >= 15 is 0 Å². The van der Waals surface area contributed by atoms with Crippen LogP contribution in [0.3, 0.4) is 0 Å². The van der Waals surface area contributed by atoms with Gasteiger partial charge in [0.05, 0.1) is 0 Å². The molecule has 0 bridgehead atoms. The van der Waals surface area contributed by atoms with Crippen molar-refractivity contribution >= 4 is 5.91 Å². The van der Waals surface area contributed by atoms with Crippen LogP contribution in [0.4, 0.5) is 0 Å². The fourth-order valence-electron chi connectivity index (χ4n) is 4.80. The molecule has 2 aliphatic rings. The summed E-state index contributed by atoms with van der Waals surface area (Å²) in [5, 5.41) is 10.3. The third kappa shape index (κ3) is 3.68. The van der Waals surface area contributed by atoms with E-state index in [-0.39, 0.29) is 17.6 Å². The molecule has 29 heavy (non-hydrogen) atoms. The van der Waals surface area contributed by atoms with Crippen LogP contribution >= 0.6 is 0 Å². The molecule has 6 heteroatoms. The molecule has 1 aromatic carbocycles. The Morgan fingerprint density at radius 3 is 2.55 bits per heavy atom. The summed E-state index contributed by atoms with van der Waals surface area (Å²) in [5.41, 5.74) is 1.84. The van der Waals surface area contributed by atoms with Crippen molar-refractivity contribution in [2.24, 2.45) is 0 Å². The van der Waals surface area contributed by atoms with Crippen molar-refractivity contribution in [1.29, 1.82) is 0 Å².